The molecule has 0 saturated heterocycles. The maximum atomic E-state index is 11.3. The van der Waals surface area contributed by atoms with E-state index < -0.39 is 12.2 Å². The summed E-state index contributed by atoms with van der Waals surface area (Å²) in [5.74, 6) is 0.487. The van der Waals surface area contributed by atoms with E-state index in [1.165, 1.54) is 12.1 Å². The summed E-state index contributed by atoms with van der Waals surface area (Å²) in [5.41, 5.74) is 2.73. The minimum absolute atomic E-state index is 0.00391. The molecule has 0 aliphatic rings. The number of aromatic hydroxyl groups is 2. The summed E-state index contributed by atoms with van der Waals surface area (Å²) in [5, 5.41) is 57.8. The first kappa shape index (κ1) is 36.5. The van der Waals surface area contributed by atoms with Gasteiger partial charge >= 0.3 is 0 Å². The van der Waals surface area contributed by atoms with E-state index in [1.54, 1.807) is 24.3 Å². The average molecular weight is 684 g/mol. The number of phenols is 2. The second kappa shape index (κ2) is 18.3. The zero-order valence-corrected chi connectivity index (χ0v) is 28.5. The van der Waals surface area contributed by atoms with Crippen LogP contribution >= 0.6 is 0 Å². The van der Waals surface area contributed by atoms with E-state index in [2.05, 4.69) is 29.3 Å². The van der Waals surface area contributed by atoms with E-state index >= 15 is 0 Å². The fourth-order valence-corrected chi connectivity index (χ4v) is 5.42. The molecule has 264 valence electrons. The van der Waals surface area contributed by atoms with Gasteiger partial charge in [-0.1, -0.05) is 69.2 Å². The van der Waals surface area contributed by atoms with Gasteiger partial charge in [0.15, 0.2) is 0 Å². The monoisotopic (exact) mass is 683 g/mol. The SMILES string of the molecule is CCCCOCC(O)COc1ccc(-c2nnnc(-c3ccc(OCC(O)COCCCC)cc3O)c2-c2cccc3ccccc23)c(O)c1. The Morgan fingerprint density at radius 1 is 0.600 bits per heavy atom. The largest absolute Gasteiger partial charge is 0.507 e. The van der Waals surface area contributed by atoms with Crippen LogP contribution in [0.25, 0.3) is 44.4 Å². The molecule has 4 aromatic carbocycles. The van der Waals surface area contributed by atoms with E-state index in [9.17, 15) is 20.4 Å². The smallest absolute Gasteiger partial charge is 0.128 e. The van der Waals surface area contributed by atoms with Gasteiger partial charge < -0.3 is 39.4 Å². The van der Waals surface area contributed by atoms with Gasteiger partial charge in [-0.25, -0.2) is 0 Å². The summed E-state index contributed by atoms with van der Waals surface area (Å²) in [4.78, 5) is 0. The number of aromatic nitrogens is 3. The Kier molecular flexibility index (Phi) is 13.3. The van der Waals surface area contributed by atoms with Crippen molar-refractivity contribution in [2.45, 2.75) is 51.7 Å². The molecule has 0 spiro atoms. The van der Waals surface area contributed by atoms with Crippen LogP contribution in [-0.4, -0.2) is 87.7 Å². The summed E-state index contributed by atoms with van der Waals surface area (Å²) in [6.45, 7) is 5.60. The molecule has 0 aliphatic carbocycles. The van der Waals surface area contributed by atoms with Gasteiger partial charge in [0.25, 0.3) is 0 Å². The van der Waals surface area contributed by atoms with E-state index in [-0.39, 0.29) is 37.9 Å². The quantitative estimate of drug-likeness (QED) is 0.0700. The Balaban J connectivity index is 1.46. The van der Waals surface area contributed by atoms with Gasteiger partial charge in [-0.15, -0.1) is 10.2 Å². The number of rotatable bonds is 19. The lowest BCUT2D eigenvalue weighted by atomic mass is 9.91. The Bertz CT molecular complexity index is 1740. The highest BCUT2D eigenvalue weighted by molar-refractivity contribution is 6.04. The Hall–Kier alpha value is -4.81. The molecule has 0 amide bonds. The highest BCUT2D eigenvalue weighted by Crippen LogP contribution is 2.45. The number of hydrogen-bond acceptors (Lipinski definition) is 11. The lowest BCUT2D eigenvalue weighted by molar-refractivity contribution is 0.0113. The van der Waals surface area contributed by atoms with Crippen molar-refractivity contribution in [3.8, 4) is 56.6 Å². The molecule has 1 heterocycles. The van der Waals surface area contributed by atoms with Crippen molar-refractivity contribution in [2.24, 2.45) is 0 Å². The maximum Gasteiger partial charge on any atom is 0.128 e. The number of unbranched alkanes of at least 4 members (excludes halogenated alkanes) is 2. The predicted molar refractivity (Wildman–Crippen MR) is 191 cm³/mol. The fourth-order valence-electron chi connectivity index (χ4n) is 5.42. The molecule has 11 heteroatoms. The van der Waals surface area contributed by atoms with Gasteiger partial charge in [-0.3, -0.25) is 0 Å². The molecule has 0 fully saturated rings. The molecule has 50 heavy (non-hydrogen) atoms. The first-order valence-corrected chi connectivity index (χ1v) is 17.0. The number of ether oxygens (including phenoxy) is 4. The number of aliphatic hydroxyl groups excluding tert-OH is 2. The summed E-state index contributed by atoms with van der Waals surface area (Å²) in [6.07, 6.45) is 2.21. The van der Waals surface area contributed by atoms with Gasteiger partial charge in [-0.05, 0) is 58.7 Å². The zero-order valence-electron chi connectivity index (χ0n) is 28.5. The first-order chi connectivity index (χ1) is 24.4. The molecule has 5 aromatic rings. The van der Waals surface area contributed by atoms with Crippen molar-refractivity contribution in [2.75, 3.05) is 39.6 Å². The van der Waals surface area contributed by atoms with Crippen LogP contribution in [0.1, 0.15) is 39.5 Å². The summed E-state index contributed by atoms with van der Waals surface area (Å²) in [6, 6.07) is 23.4. The minimum Gasteiger partial charge on any atom is -0.507 e. The standard InChI is InChI=1S/C39H45N3O8/c1-3-5-18-47-22-27(43)24-49-29-14-16-33(35(45)20-29)38-37(32-13-9-11-26-10-7-8-12-31(26)32)39(41-42-40-38)34-17-15-30(21-36(34)46)50-25-28(44)23-48-19-6-4-2/h7-17,20-21,27-28,43-46H,3-6,18-19,22-25H2,1-2H3. The molecular weight excluding hydrogens is 638 g/mol. The number of benzene rings is 4. The molecule has 0 bridgehead atoms. The number of fused-ring (bicyclic) bond motifs is 1. The molecule has 2 unspecified atom stereocenters. The Morgan fingerprint density at radius 2 is 1.12 bits per heavy atom. The molecule has 0 saturated carbocycles. The third kappa shape index (κ3) is 9.45. The van der Waals surface area contributed by atoms with Gasteiger partial charge in [-0.2, -0.15) is 0 Å². The van der Waals surface area contributed by atoms with Crippen molar-refractivity contribution < 1.29 is 39.4 Å². The lowest BCUT2D eigenvalue weighted by Gasteiger charge is -2.17. The highest BCUT2D eigenvalue weighted by Gasteiger charge is 2.24. The lowest BCUT2D eigenvalue weighted by Crippen LogP contribution is -2.23. The average Bonchev–Trinajstić information content (AvgIpc) is 3.13. The third-order valence-electron chi connectivity index (χ3n) is 8.06. The molecule has 0 aliphatic heterocycles. The van der Waals surface area contributed by atoms with Gasteiger partial charge in [0, 0.05) is 42.0 Å². The molecular formula is C39H45N3O8. The van der Waals surface area contributed by atoms with Crippen molar-refractivity contribution in [1.82, 2.24) is 15.4 Å². The summed E-state index contributed by atoms with van der Waals surface area (Å²) in [7, 11) is 0. The molecule has 5 rings (SSSR count). The predicted octanol–water partition coefficient (Wildman–Crippen LogP) is 6.55. The Morgan fingerprint density at radius 3 is 1.64 bits per heavy atom. The molecule has 0 radical (unpaired) electrons. The summed E-state index contributed by atoms with van der Waals surface area (Å²) < 4.78 is 22.4. The van der Waals surface area contributed by atoms with Crippen LogP contribution in [0.3, 0.4) is 0 Å². The molecule has 1 aromatic heterocycles. The molecule has 11 nitrogen and oxygen atoms in total. The number of aliphatic hydroxyl groups is 2. The number of nitrogens with zero attached hydrogens (tertiary/aromatic N) is 3. The van der Waals surface area contributed by atoms with Gasteiger partial charge in [0.1, 0.15) is 59.8 Å². The highest BCUT2D eigenvalue weighted by atomic mass is 16.5. The van der Waals surface area contributed by atoms with Crippen LogP contribution in [-0.2, 0) is 9.47 Å². The van der Waals surface area contributed by atoms with Crippen molar-refractivity contribution in [1.29, 1.82) is 0 Å². The molecule has 2 atom stereocenters. The van der Waals surface area contributed by atoms with E-state index in [0.29, 0.717) is 52.8 Å². The summed E-state index contributed by atoms with van der Waals surface area (Å²) >= 11 is 0. The Labute approximate surface area is 292 Å². The fraction of sp³-hybridized carbons (Fsp3) is 0.359. The molecule has 4 N–H and O–H groups in total. The van der Waals surface area contributed by atoms with E-state index in [4.69, 9.17) is 18.9 Å². The van der Waals surface area contributed by atoms with Crippen LogP contribution in [0.2, 0.25) is 0 Å². The van der Waals surface area contributed by atoms with Crippen LogP contribution < -0.4 is 9.47 Å². The number of phenolic OH excluding ortho intramolecular Hbond substituents is 2. The van der Waals surface area contributed by atoms with Crippen molar-refractivity contribution >= 4 is 10.8 Å². The van der Waals surface area contributed by atoms with Crippen molar-refractivity contribution in [3.63, 3.8) is 0 Å². The van der Waals surface area contributed by atoms with E-state index in [0.717, 1.165) is 42.0 Å². The van der Waals surface area contributed by atoms with Crippen LogP contribution in [0.4, 0.5) is 0 Å². The van der Waals surface area contributed by atoms with Crippen LogP contribution in [0, 0.1) is 0 Å². The van der Waals surface area contributed by atoms with E-state index in [1.807, 2.05) is 42.5 Å². The normalized spacial score (nSPS) is 12.6. The van der Waals surface area contributed by atoms with Gasteiger partial charge in [0.2, 0.25) is 0 Å². The van der Waals surface area contributed by atoms with Gasteiger partial charge in [0.05, 0.1) is 13.2 Å². The van der Waals surface area contributed by atoms with Crippen LogP contribution in [0.15, 0.2) is 78.9 Å². The second-order valence-electron chi connectivity index (χ2n) is 12.0. The topological polar surface area (TPSA) is 157 Å². The number of hydrogen-bond donors (Lipinski definition) is 4. The minimum atomic E-state index is -0.820. The van der Waals surface area contributed by atoms with Crippen molar-refractivity contribution in [3.05, 3.63) is 78.9 Å². The zero-order chi connectivity index (χ0) is 35.3. The van der Waals surface area contributed by atoms with Crippen LogP contribution in [0.5, 0.6) is 23.0 Å². The maximum absolute atomic E-state index is 11.3. The second-order valence-corrected chi connectivity index (χ2v) is 12.0. The third-order valence-corrected chi connectivity index (χ3v) is 8.06. The first-order valence-electron chi connectivity index (χ1n) is 17.0.